The second kappa shape index (κ2) is 8.10. The molecule has 1 aliphatic carbocycles. The van der Waals surface area contributed by atoms with Crippen molar-refractivity contribution in [2.75, 3.05) is 40.5 Å². The van der Waals surface area contributed by atoms with E-state index in [0.717, 1.165) is 22.3 Å². The van der Waals surface area contributed by atoms with E-state index in [4.69, 9.17) is 9.47 Å². The second-order valence-electron chi connectivity index (χ2n) is 7.14. The number of nitrogens with zero attached hydrogens (tertiary/aromatic N) is 5. The van der Waals surface area contributed by atoms with Gasteiger partial charge in [0, 0.05) is 32.2 Å². The van der Waals surface area contributed by atoms with E-state index >= 15 is 0 Å². The molecule has 1 aliphatic rings. The summed E-state index contributed by atoms with van der Waals surface area (Å²) in [7, 11) is 3.23. The number of fused-ring (bicyclic) bond motifs is 5. The van der Waals surface area contributed by atoms with Crippen LogP contribution in [0.1, 0.15) is 46.7 Å². The number of thiophene rings is 1. The van der Waals surface area contributed by atoms with Gasteiger partial charge in [0.2, 0.25) is 5.82 Å². The maximum atomic E-state index is 13.0. The number of rotatable bonds is 7. The zero-order valence-corrected chi connectivity index (χ0v) is 17.3. The molecule has 0 bridgehead atoms. The van der Waals surface area contributed by atoms with E-state index in [0.29, 0.717) is 32.2 Å². The molecule has 0 fully saturated rings. The third-order valence-corrected chi connectivity index (χ3v) is 6.46. The van der Waals surface area contributed by atoms with E-state index in [1.165, 1.54) is 23.3 Å². The van der Waals surface area contributed by atoms with Gasteiger partial charge in [-0.3, -0.25) is 4.79 Å². The summed E-state index contributed by atoms with van der Waals surface area (Å²) < 4.78 is 11.9. The molecule has 0 aromatic carbocycles. The predicted molar refractivity (Wildman–Crippen MR) is 107 cm³/mol. The van der Waals surface area contributed by atoms with Crippen LogP contribution in [-0.2, 0) is 15.9 Å². The molecule has 4 rings (SSSR count). The lowest BCUT2D eigenvalue weighted by Gasteiger charge is -2.20. The summed E-state index contributed by atoms with van der Waals surface area (Å²) in [6, 6.07) is 0. The van der Waals surface area contributed by atoms with Crippen molar-refractivity contribution in [3.05, 3.63) is 22.6 Å². The Balaban J connectivity index is 1.75. The van der Waals surface area contributed by atoms with Gasteiger partial charge in [0.25, 0.3) is 5.91 Å². The molecule has 9 heteroatoms. The highest BCUT2D eigenvalue weighted by Crippen LogP contribution is 2.42. The fourth-order valence-electron chi connectivity index (χ4n) is 3.84. The average molecular weight is 404 g/mol. The minimum absolute atomic E-state index is 0.185. The lowest BCUT2D eigenvalue weighted by Crippen LogP contribution is -2.37. The fourth-order valence-corrected chi connectivity index (χ4v) is 5.13. The van der Waals surface area contributed by atoms with Crippen LogP contribution >= 0.6 is 11.3 Å². The Morgan fingerprint density at radius 1 is 1.32 bits per heavy atom. The first-order chi connectivity index (χ1) is 13.6. The first-order valence-electron chi connectivity index (χ1n) is 9.57. The topological polar surface area (TPSA) is 81.9 Å². The SMILES string of the molecule is COCCN(CCOC)C(=O)c1nc2c3c4c(sc3ncn2n1)CCCC4C. The van der Waals surface area contributed by atoms with Gasteiger partial charge >= 0.3 is 0 Å². The minimum Gasteiger partial charge on any atom is -0.383 e. The Hall–Kier alpha value is -2.10. The number of aromatic nitrogens is 4. The Bertz CT molecular complexity index is 990. The summed E-state index contributed by atoms with van der Waals surface area (Å²) in [6.07, 6.45) is 5.13. The average Bonchev–Trinajstić information content (AvgIpc) is 3.29. The van der Waals surface area contributed by atoms with Crippen molar-refractivity contribution < 1.29 is 14.3 Å². The van der Waals surface area contributed by atoms with Gasteiger partial charge in [-0.05, 0) is 30.7 Å². The van der Waals surface area contributed by atoms with Crippen molar-refractivity contribution in [2.24, 2.45) is 0 Å². The maximum Gasteiger partial charge on any atom is 0.293 e. The van der Waals surface area contributed by atoms with Crippen molar-refractivity contribution >= 4 is 33.1 Å². The number of methoxy groups -OCH3 is 2. The smallest absolute Gasteiger partial charge is 0.293 e. The van der Waals surface area contributed by atoms with Crippen LogP contribution in [0, 0.1) is 0 Å². The van der Waals surface area contributed by atoms with Crippen LogP contribution in [0.4, 0.5) is 0 Å². The van der Waals surface area contributed by atoms with Gasteiger partial charge in [0.05, 0.1) is 18.6 Å². The molecule has 150 valence electrons. The normalized spacial score (nSPS) is 16.6. The minimum atomic E-state index is -0.219. The molecule has 0 aliphatic heterocycles. The molecule has 3 heterocycles. The van der Waals surface area contributed by atoms with E-state index in [-0.39, 0.29) is 11.7 Å². The molecule has 0 saturated heterocycles. The standard InChI is InChI=1S/C19H25N5O3S/c1-12-5-4-6-13-14(12)15-17-21-16(22-24(17)11-20-18(15)28-13)19(25)23(7-9-26-2)8-10-27-3/h11-12H,4-10H2,1-3H3. The summed E-state index contributed by atoms with van der Waals surface area (Å²) in [5.41, 5.74) is 2.06. The predicted octanol–water partition coefficient (Wildman–Crippen LogP) is 2.51. The number of amides is 1. The van der Waals surface area contributed by atoms with Crippen LogP contribution < -0.4 is 0 Å². The number of ether oxygens (including phenoxy) is 2. The zero-order valence-electron chi connectivity index (χ0n) is 16.5. The number of hydrogen-bond donors (Lipinski definition) is 0. The van der Waals surface area contributed by atoms with Crippen molar-refractivity contribution in [1.82, 2.24) is 24.5 Å². The van der Waals surface area contributed by atoms with Crippen molar-refractivity contribution in [1.29, 1.82) is 0 Å². The summed E-state index contributed by atoms with van der Waals surface area (Å²) in [5.74, 6) is 0.439. The van der Waals surface area contributed by atoms with Gasteiger partial charge in [-0.15, -0.1) is 16.4 Å². The third kappa shape index (κ3) is 3.38. The highest BCUT2D eigenvalue weighted by molar-refractivity contribution is 7.19. The molecule has 3 aromatic heterocycles. The molecule has 28 heavy (non-hydrogen) atoms. The van der Waals surface area contributed by atoms with E-state index in [9.17, 15) is 4.79 Å². The molecule has 1 amide bonds. The van der Waals surface area contributed by atoms with Crippen molar-refractivity contribution in [3.8, 4) is 0 Å². The third-order valence-electron chi connectivity index (χ3n) is 5.29. The van der Waals surface area contributed by atoms with E-state index < -0.39 is 0 Å². The van der Waals surface area contributed by atoms with Crippen LogP contribution in [0.2, 0.25) is 0 Å². The molecule has 8 nitrogen and oxygen atoms in total. The van der Waals surface area contributed by atoms with E-state index in [1.807, 2.05) is 0 Å². The summed E-state index contributed by atoms with van der Waals surface area (Å²) >= 11 is 1.74. The zero-order chi connectivity index (χ0) is 19.7. The van der Waals surface area contributed by atoms with E-state index in [1.54, 1.807) is 41.3 Å². The Morgan fingerprint density at radius 2 is 2.07 bits per heavy atom. The number of aryl methyl sites for hydroxylation is 1. The summed E-state index contributed by atoms with van der Waals surface area (Å²) in [6.45, 7) is 4.08. The molecule has 1 atom stereocenters. The first-order valence-corrected chi connectivity index (χ1v) is 10.4. The second-order valence-corrected chi connectivity index (χ2v) is 8.22. The summed E-state index contributed by atoms with van der Waals surface area (Å²) in [5, 5.41) is 5.49. The van der Waals surface area contributed by atoms with Crippen LogP contribution in [0.5, 0.6) is 0 Å². The Morgan fingerprint density at radius 3 is 2.79 bits per heavy atom. The molecule has 0 saturated carbocycles. The van der Waals surface area contributed by atoms with Gasteiger partial charge in [-0.25, -0.2) is 14.5 Å². The highest BCUT2D eigenvalue weighted by atomic mass is 32.1. The van der Waals surface area contributed by atoms with Crippen molar-refractivity contribution in [2.45, 2.75) is 32.1 Å². The molecule has 3 aromatic rings. The van der Waals surface area contributed by atoms with Gasteiger partial charge in [0.1, 0.15) is 11.2 Å². The van der Waals surface area contributed by atoms with Crippen LogP contribution in [-0.4, -0.2) is 70.9 Å². The molecule has 0 spiro atoms. The molecule has 0 N–H and O–H groups in total. The fraction of sp³-hybridized carbons (Fsp3) is 0.579. The Labute approximate surface area is 167 Å². The van der Waals surface area contributed by atoms with Gasteiger partial charge in [-0.1, -0.05) is 6.92 Å². The number of carbonyl (C=O) groups excluding carboxylic acids is 1. The summed E-state index contributed by atoms with van der Waals surface area (Å²) in [4.78, 5) is 26.3. The van der Waals surface area contributed by atoms with E-state index in [2.05, 4.69) is 22.0 Å². The number of hydrogen-bond acceptors (Lipinski definition) is 7. The maximum absolute atomic E-state index is 13.0. The van der Waals surface area contributed by atoms with Crippen molar-refractivity contribution in [3.63, 3.8) is 0 Å². The molecular formula is C19H25N5O3S. The molecular weight excluding hydrogens is 378 g/mol. The number of carbonyl (C=O) groups is 1. The van der Waals surface area contributed by atoms with Gasteiger partial charge in [-0.2, -0.15) is 0 Å². The van der Waals surface area contributed by atoms with Crippen LogP contribution in [0.25, 0.3) is 15.9 Å². The Kier molecular flexibility index (Phi) is 5.56. The lowest BCUT2D eigenvalue weighted by atomic mass is 9.87. The van der Waals surface area contributed by atoms with Gasteiger partial charge in [0.15, 0.2) is 5.65 Å². The lowest BCUT2D eigenvalue weighted by molar-refractivity contribution is 0.0616. The first kappa shape index (κ1) is 19.2. The van der Waals surface area contributed by atoms with Gasteiger partial charge < -0.3 is 14.4 Å². The highest BCUT2D eigenvalue weighted by Gasteiger charge is 2.27. The molecule has 1 unspecified atom stereocenters. The van der Waals surface area contributed by atoms with Crippen LogP contribution in [0.15, 0.2) is 6.33 Å². The molecule has 0 radical (unpaired) electrons. The van der Waals surface area contributed by atoms with Crippen LogP contribution in [0.3, 0.4) is 0 Å². The largest absolute Gasteiger partial charge is 0.383 e. The quantitative estimate of drug-likeness (QED) is 0.603. The monoisotopic (exact) mass is 403 g/mol.